The van der Waals surface area contributed by atoms with Crippen LogP contribution in [0.3, 0.4) is 0 Å². The SMILES string of the molecule is CC(C)CN(C=O)Cc1cc(Cl)c2c(c1)OCCCO2. The number of ether oxygens (including phenoxy) is 2. The molecule has 0 N–H and O–H groups in total. The minimum Gasteiger partial charge on any atom is -0.489 e. The topological polar surface area (TPSA) is 38.8 Å². The van der Waals surface area contributed by atoms with Gasteiger partial charge in [0.2, 0.25) is 6.41 Å². The summed E-state index contributed by atoms with van der Waals surface area (Å²) in [6.07, 6.45) is 1.71. The summed E-state index contributed by atoms with van der Waals surface area (Å²) in [6, 6.07) is 3.75. The number of carbonyl (C=O) groups excluding carboxylic acids is 1. The predicted octanol–water partition coefficient (Wildman–Crippen LogP) is 3.12. The van der Waals surface area contributed by atoms with E-state index in [1.807, 2.05) is 12.1 Å². The number of fused-ring (bicyclic) bond motifs is 1. The molecule has 0 radical (unpaired) electrons. The first-order valence-electron chi connectivity index (χ1n) is 6.87. The summed E-state index contributed by atoms with van der Waals surface area (Å²) >= 11 is 6.24. The number of benzene rings is 1. The minimum absolute atomic E-state index is 0.427. The van der Waals surface area contributed by atoms with Crippen molar-refractivity contribution in [3.63, 3.8) is 0 Å². The van der Waals surface area contributed by atoms with Gasteiger partial charge in [-0.15, -0.1) is 0 Å². The Labute approximate surface area is 124 Å². The monoisotopic (exact) mass is 297 g/mol. The summed E-state index contributed by atoms with van der Waals surface area (Å²) < 4.78 is 11.2. The molecule has 1 aliphatic heterocycles. The Hall–Kier alpha value is -1.42. The summed E-state index contributed by atoms with van der Waals surface area (Å²) in [5.41, 5.74) is 0.951. The van der Waals surface area contributed by atoms with Crippen molar-refractivity contribution in [3.05, 3.63) is 22.7 Å². The van der Waals surface area contributed by atoms with Crippen LogP contribution in [0.15, 0.2) is 12.1 Å². The maximum absolute atomic E-state index is 11.1. The van der Waals surface area contributed by atoms with E-state index in [0.717, 1.165) is 24.9 Å². The van der Waals surface area contributed by atoms with Crippen molar-refractivity contribution in [2.75, 3.05) is 19.8 Å². The molecule has 0 saturated carbocycles. The largest absolute Gasteiger partial charge is 0.489 e. The summed E-state index contributed by atoms with van der Waals surface area (Å²) in [7, 11) is 0. The van der Waals surface area contributed by atoms with E-state index >= 15 is 0 Å². The molecule has 0 unspecified atom stereocenters. The molecule has 110 valence electrons. The van der Waals surface area contributed by atoms with Crippen LogP contribution in [0.1, 0.15) is 25.8 Å². The van der Waals surface area contributed by atoms with Crippen molar-refractivity contribution in [1.29, 1.82) is 0 Å². The van der Waals surface area contributed by atoms with Crippen LogP contribution in [0.5, 0.6) is 11.5 Å². The molecule has 20 heavy (non-hydrogen) atoms. The second kappa shape index (κ2) is 6.84. The second-order valence-electron chi connectivity index (χ2n) is 5.38. The lowest BCUT2D eigenvalue weighted by Gasteiger charge is -2.20. The van der Waals surface area contributed by atoms with Crippen LogP contribution in [0, 0.1) is 5.92 Å². The number of halogens is 1. The molecule has 5 heteroatoms. The molecule has 0 aromatic heterocycles. The molecule has 0 bridgehead atoms. The summed E-state index contributed by atoms with van der Waals surface area (Å²) in [5.74, 6) is 1.70. The van der Waals surface area contributed by atoms with Crippen LogP contribution in [-0.2, 0) is 11.3 Å². The van der Waals surface area contributed by atoms with Gasteiger partial charge in [0.1, 0.15) is 0 Å². The lowest BCUT2D eigenvalue weighted by molar-refractivity contribution is -0.119. The van der Waals surface area contributed by atoms with E-state index in [1.54, 1.807) is 4.90 Å². The Morgan fingerprint density at radius 1 is 1.35 bits per heavy atom. The summed E-state index contributed by atoms with van der Waals surface area (Å²) in [4.78, 5) is 12.8. The predicted molar refractivity (Wildman–Crippen MR) is 78.4 cm³/mol. The van der Waals surface area contributed by atoms with Crippen molar-refractivity contribution >= 4 is 18.0 Å². The Morgan fingerprint density at radius 2 is 2.10 bits per heavy atom. The number of hydrogen-bond acceptors (Lipinski definition) is 3. The lowest BCUT2D eigenvalue weighted by Crippen LogP contribution is -2.25. The molecule has 2 rings (SSSR count). The van der Waals surface area contributed by atoms with Gasteiger partial charge in [0.15, 0.2) is 11.5 Å². The van der Waals surface area contributed by atoms with Gasteiger partial charge in [0, 0.05) is 19.5 Å². The maximum Gasteiger partial charge on any atom is 0.210 e. The number of amides is 1. The molecule has 0 fully saturated rings. The Morgan fingerprint density at radius 3 is 2.80 bits per heavy atom. The molecule has 1 aromatic carbocycles. The van der Waals surface area contributed by atoms with Gasteiger partial charge in [-0.3, -0.25) is 4.79 Å². The van der Waals surface area contributed by atoms with Gasteiger partial charge < -0.3 is 14.4 Å². The van der Waals surface area contributed by atoms with Gasteiger partial charge in [-0.05, 0) is 23.6 Å². The normalized spacial score (nSPS) is 14.0. The highest BCUT2D eigenvalue weighted by molar-refractivity contribution is 6.32. The van der Waals surface area contributed by atoms with E-state index in [1.165, 1.54) is 0 Å². The van der Waals surface area contributed by atoms with Crippen LogP contribution in [0.25, 0.3) is 0 Å². The van der Waals surface area contributed by atoms with Gasteiger partial charge in [-0.2, -0.15) is 0 Å². The zero-order valence-electron chi connectivity index (χ0n) is 11.9. The average molecular weight is 298 g/mol. The van der Waals surface area contributed by atoms with Crippen LogP contribution in [0.4, 0.5) is 0 Å². The molecule has 0 saturated heterocycles. The van der Waals surface area contributed by atoms with Gasteiger partial charge >= 0.3 is 0 Å². The maximum atomic E-state index is 11.1. The third-order valence-corrected chi connectivity index (χ3v) is 3.28. The third-order valence-electron chi connectivity index (χ3n) is 3.00. The molecule has 0 aliphatic carbocycles. The number of rotatable bonds is 5. The quantitative estimate of drug-likeness (QED) is 0.784. The second-order valence-corrected chi connectivity index (χ2v) is 5.79. The summed E-state index contributed by atoms with van der Waals surface area (Å²) in [5, 5.41) is 0.537. The highest BCUT2D eigenvalue weighted by Gasteiger charge is 2.16. The van der Waals surface area contributed by atoms with Gasteiger partial charge in [-0.1, -0.05) is 25.4 Å². The molecule has 1 heterocycles. The molecular weight excluding hydrogens is 278 g/mol. The first-order valence-corrected chi connectivity index (χ1v) is 7.25. The van der Waals surface area contributed by atoms with E-state index in [2.05, 4.69) is 13.8 Å². The van der Waals surface area contributed by atoms with E-state index in [9.17, 15) is 4.79 Å². The first kappa shape index (κ1) is 15.0. The fourth-order valence-corrected chi connectivity index (χ4v) is 2.51. The van der Waals surface area contributed by atoms with Crippen LogP contribution in [-0.4, -0.2) is 31.1 Å². The van der Waals surface area contributed by atoms with Crippen LogP contribution in [0.2, 0.25) is 5.02 Å². The van der Waals surface area contributed by atoms with E-state index in [4.69, 9.17) is 21.1 Å². The van der Waals surface area contributed by atoms with Crippen molar-refractivity contribution in [2.45, 2.75) is 26.8 Å². The zero-order valence-corrected chi connectivity index (χ0v) is 12.7. The number of carbonyl (C=O) groups is 1. The smallest absolute Gasteiger partial charge is 0.210 e. The van der Waals surface area contributed by atoms with Gasteiger partial charge in [0.25, 0.3) is 0 Å². The zero-order chi connectivity index (χ0) is 14.5. The molecular formula is C15H20ClNO3. The molecule has 4 nitrogen and oxygen atoms in total. The Bertz CT molecular complexity index is 476. The average Bonchev–Trinajstić information content (AvgIpc) is 2.63. The van der Waals surface area contributed by atoms with E-state index in [-0.39, 0.29) is 0 Å². The minimum atomic E-state index is 0.427. The Kier molecular flexibility index (Phi) is 5.12. The standard InChI is InChI=1S/C15H20ClNO3/c1-11(2)8-17(10-18)9-12-6-13(16)15-14(7-12)19-4-3-5-20-15/h6-7,10-11H,3-5,8-9H2,1-2H3. The van der Waals surface area contributed by atoms with Crippen molar-refractivity contribution < 1.29 is 14.3 Å². The van der Waals surface area contributed by atoms with Crippen LogP contribution < -0.4 is 9.47 Å². The van der Waals surface area contributed by atoms with Crippen molar-refractivity contribution in [3.8, 4) is 11.5 Å². The van der Waals surface area contributed by atoms with Crippen molar-refractivity contribution in [2.24, 2.45) is 5.92 Å². The fraction of sp³-hybridized carbons (Fsp3) is 0.533. The number of nitrogens with zero attached hydrogens (tertiary/aromatic N) is 1. The molecule has 0 spiro atoms. The highest BCUT2D eigenvalue weighted by atomic mass is 35.5. The summed E-state index contributed by atoms with van der Waals surface area (Å²) in [6.45, 7) is 6.64. The van der Waals surface area contributed by atoms with E-state index in [0.29, 0.717) is 42.2 Å². The first-order chi connectivity index (χ1) is 9.60. The molecule has 1 amide bonds. The molecule has 0 atom stereocenters. The third kappa shape index (κ3) is 3.79. The molecule has 1 aliphatic rings. The lowest BCUT2D eigenvalue weighted by atomic mass is 10.1. The van der Waals surface area contributed by atoms with Gasteiger partial charge in [-0.25, -0.2) is 0 Å². The van der Waals surface area contributed by atoms with Crippen LogP contribution >= 0.6 is 11.6 Å². The van der Waals surface area contributed by atoms with Gasteiger partial charge in [0.05, 0.1) is 18.2 Å². The van der Waals surface area contributed by atoms with Crippen molar-refractivity contribution in [1.82, 2.24) is 4.90 Å². The van der Waals surface area contributed by atoms with E-state index < -0.39 is 0 Å². The number of hydrogen-bond donors (Lipinski definition) is 0. The Balaban J connectivity index is 2.18. The highest BCUT2D eigenvalue weighted by Crippen LogP contribution is 2.38. The molecule has 1 aromatic rings. The fourth-order valence-electron chi connectivity index (χ4n) is 2.22.